The van der Waals surface area contributed by atoms with E-state index in [9.17, 15) is 14.7 Å². The van der Waals surface area contributed by atoms with Crippen molar-refractivity contribution in [3.8, 4) is 5.75 Å². The van der Waals surface area contributed by atoms with Crippen LogP contribution in [-0.2, 0) is 27.2 Å². The predicted molar refractivity (Wildman–Crippen MR) is 101 cm³/mol. The first kappa shape index (κ1) is 18.8. The molecule has 1 amide bonds. The Bertz CT molecular complexity index is 966. The number of halogens is 1. The number of esters is 1. The summed E-state index contributed by atoms with van der Waals surface area (Å²) in [5.41, 5.74) is 2.13. The van der Waals surface area contributed by atoms with Gasteiger partial charge >= 0.3 is 5.97 Å². The van der Waals surface area contributed by atoms with Crippen LogP contribution in [0.25, 0.3) is 11.0 Å². The molecule has 6 nitrogen and oxygen atoms in total. The van der Waals surface area contributed by atoms with Crippen molar-refractivity contribution in [2.24, 2.45) is 0 Å². The average Bonchev–Trinajstić information content (AvgIpc) is 3.02. The maximum Gasteiger partial charge on any atom is 0.310 e. The molecule has 1 heterocycles. The number of rotatable bonds is 7. The average molecular weight is 388 g/mol. The number of furan rings is 1. The molecule has 0 aliphatic rings. The zero-order chi connectivity index (χ0) is 19.2. The number of hydrogen-bond acceptors (Lipinski definition) is 5. The minimum absolute atomic E-state index is 0.0203. The number of benzene rings is 2. The Balaban J connectivity index is 1.42. The number of carbonyl (C=O) groups is 2. The topological polar surface area (TPSA) is 88.8 Å². The standard InChI is InChI=1S/C20H18ClNO5/c21-15-3-1-2-13(8-15)6-7-22-19(24)12-27-20(25)9-14-11-26-18-10-16(23)4-5-17(14)18/h1-5,8,10-11,23H,6-7,9,12H2,(H,22,24). The fourth-order valence-corrected chi connectivity index (χ4v) is 2.86. The summed E-state index contributed by atoms with van der Waals surface area (Å²) in [5.74, 6) is -0.816. The molecule has 0 aliphatic heterocycles. The monoisotopic (exact) mass is 387 g/mol. The second-order valence-electron chi connectivity index (χ2n) is 6.01. The van der Waals surface area contributed by atoms with Crippen molar-refractivity contribution in [2.45, 2.75) is 12.8 Å². The number of amides is 1. The summed E-state index contributed by atoms with van der Waals surface area (Å²) in [6.07, 6.45) is 2.05. The zero-order valence-corrected chi connectivity index (χ0v) is 15.2. The Morgan fingerprint density at radius 1 is 1.19 bits per heavy atom. The van der Waals surface area contributed by atoms with Crippen LogP contribution in [0.5, 0.6) is 5.75 Å². The van der Waals surface area contributed by atoms with Gasteiger partial charge in [-0.2, -0.15) is 0 Å². The van der Waals surface area contributed by atoms with Gasteiger partial charge in [0, 0.05) is 28.6 Å². The fraction of sp³-hybridized carbons (Fsp3) is 0.200. The van der Waals surface area contributed by atoms with Crippen molar-refractivity contribution >= 4 is 34.4 Å². The number of fused-ring (bicyclic) bond motifs is 1. The minimum Gasteiger partial charge on any atom is -0.508 e. The third-order valence-corrected chi connectivity index (χ3v) is 4.20. The molecule has 0 saturated carbocycles. The Hall–Kier alpha value is -2.99. The lowest BCUT2D eigenvalue weighted by Crippen LogP contribution is -2.30. The molecule has 3 rings (SSSR count). The van der Waals surface area contributed by atoms with Crippen LogP contribution in [0.2, 0.25) is 5.02 Å². The lowest BCUT2D eigenvalue weighted by atomic mass is 10.1. The number of carbonyl (C=O) groups excluding carboxylic acids is 2. The van der Waals surface area contributed by atoms with Gasteiger partial charge in [0.25, 0.3) is 5.91 Å². The van der Waals surface area contributed by atoms with E-state index in [-0.39, 0.29) is 24.7 Å². The van der Waals surface area contributed by atoms with Crippen LogP contribution < -0.4 is 5.32 Å². The van der Waals surface area contributed by atoms with Crippen molar-refractivity contribution in [3.05, 3.63) is 64.9 Å². The number of nitrogens with one attached hydrogen (secondary N) is 1. The number of ether oxygens (including phenoxy) is 1. The Kier molecular flexibility index (Phi) is 5.98. The molecule has 1 aromatic heterocycles. The molecule has 0 fully saturated rings. The van der Waals surface area contributed by atoms with Gasteiger partial charge in [-0.3, -0.25) is 9.59 Å². The van der Waals surface area contributed by atoms with E-state index in [0.29, 0.717) is 29.1 Å². The smallest absolute Gasteiger partial charge is 0.310 e. The van der Waals surface area contributed by atoms with Gasteiger partial charge in [0.15, 0.2) is 6.61 Å². The normalized spacial score (nSPS) is 10.7. The Labute approximate surface area is 160 Å². The van der Waals surface area contributed by atoms with Gasteiger partial charge in [-0.05, 0) is 36.2 Å². The van der Waals surface area contributed by atoms with E-state index in [2.05, 4.69) is 5.32 Å². The Morgan fingerprint density at radius 2 is 2.04 bits per heavy atom. The van der Waals surface area contributed by atoms with Crippen LogP contribution in [0.15, 0.2) is 53.1 Å². The number of aromatic hydroxyl groups is 1. The summed E-state index contributed by atoms with van der Waals surface area (Å²) in [5, 5.41) is 13.5. The molecule has 0 radical (unpaired) electrons. The maximum atomic E-state index is 12.0. The summed E-state index contributed by atoms with van der Waals surface area (Å²) in [7, 11) is 0. The molecule has 140 valence electrons. The molecule has 0 spiro atoms. The van der Waals surface area contributed by atoms with Crippen LogP contribution in [0.1, 0.15) is 11.1 Å². The molecular weight excluding hydrogens is 370 g/mol. The maximum absolute atomic E-state index is 12.0. The van der Waals surface area contributed by atoms with Crippen molar-refractivity contribution in [1.82, 2.24) is 5.32 Å². The first-order valence-corrected chi connectivity index (χ1v) is 8.75. The van der Waals surface area contributed by atoms with Gasteiger partial charge in [-0.1, -0.05) is 23.7 Å². The van der Waals surface area contributed by atoms with Gasteiger partial charge in [0.1, 0.15) is 11.3 Å². The highest BCUT2D eigenvalue weighted by molar-refractivity contribution is 6.30. The first-order chi connectivity index (χ1) is 13.0. The highest BCUT2D eigenvalue weighted by Crippen LogP contribution is 2.25. The number of phenolic OH excluding ortho intramolecular Hbond substituents is 1. The molecule has 3 aromatic rings. The fourth-order valence-electron chi connectivity index (χ4n) is 2.65. The third kappa shape index (κ3) is 5.24. The van der Waals surface area contributed by atoms with Crippen molar-refractivity contribution in [1.29, 1.82) is 0 Å². The van der Waals surface area contributed by atoms with Crippen molar-refractivity contribution in [2.75, 3.05) is 13.2 Å². The highest BCUT2D eigenvalue weighted by Gasteiger charge is 2.13. The lowest BCUT2D eigenvalue weighted by Gasteiger charge is -2.07. The minimum atomic E-state index is -0.532. The van der Waals surface area contributed by atoms with Crippen LogP contribution >= 0.6 is 11.6 Å². The second-order valence-corrected chi connectivity index (χ2v) is 6.45. The summed E-state index contributed by atoms with van der Waals surface area (Å²) in [6.45, 7) is 0.0809. The quantitative estimate of drug-likeness (QED) is 0.607. The second kappa shape index (κ2) is 8.60. The lowest BCUT2D eigenvalue weighted by molar-refractivity contribution is -0.147. The molecule has 0 atom stereocenters. The van der Waals surface area contributed by atoms with E-state index < -0.39 is 5.97 Å². The molecule has 0 saturated heterocycles. The van der Waals surface area contributed by atoms with Crippen LogP contribution in [-0.4, -0.2) is 30.1 Å². The molecule has 2 aromatic carbocycles. The van der Waals surface area contributed by atoms with E-state index in [1.165, 1.54) is 18.4 Å². The summed E-state index contributed by atoms with van der Waals surface area (Å²) >= 11 is 5.91. The first-order valence-electron chi connectivity index (χ1n) is 8.37. The SMILES string of the molecule is O=C(COC(=O)Cc1coc2cc(O)ccc12)NCCc1cccc(Cl)c1. The van der Waals surface area contributed by atoms with Crippen molar-refractivity contribution in [3.63, 3.8) is 0 Å². The van der Waals surface area contributed by atoms with E-state index in [1.807, 2.05) is 18.2 Å². The van der Waals surface area contributed by atoms with Gasteiger partial charge in [-0.25, -0.2) is 0 Å². The summed E-state index contributed by atoms with van der Waals surface area (Å²) in [6, 6.07) is 12.0. The van der Waals surface area contributed by atoms with Crippen LogP contribution in [0.4, 0.5) is 0 Å². The summed E-state index contributed by atoms with van der Waals surface area (Å²) < 4.78 is 10.3. The highest BCUT2D eigenvalue weighted by atomic mass is 35.5. The number of phenols is 1. The molecule has 2 N–H and O–H groups in total. The van der Waals surface area contributed by atoms with E-state index in [4.69, 9.17) is 20.8 Å². The number of hydrogen-bond donors (Lipinski definition) is 2. The van der Waals surface area contributed by atoms with Gasteiger partial charge in [-0.15, -0.1) is 0 Å². The third-order valence-electron chi connectivity index (χ3n) is 3.96. The molecule has 0 aliphatic carbocycles. The molecule has 0 bridgehead atoms. The van der Waals surface area contributed by atoms with Gasteiger partial charge in [0.05, 0.1) is 12.7 Å². The largest absolute Gasteiger partial charge is 0.508 e. The zero-order valence-electron chi connectivity index (χ0n) is 14.4. The molecular formula is C20H18ClNO5. The van der Waals surface area contributed by atoms with E-state index >= 15 is 0 Å². The molecule has 0 unspecified atom stereocenters. The molecule has 27 heavy (non-hydrogen) atoms. The van der Waals surface area contributed by atoms with Crippen LogP contribution in [0.3, 0.4) is 0 Å². The van der Waals surface area contributed by atoms with Gasteiger partial charge in [0.2, 0.25) is 0 Å². The van der Waals surface area contributed by atoms with Crippen molar-refractivity contribution < 1.29 is 23.8 Å². The molecule has 7 heteroatoms. The Morgan fingerprint density at radius 3 is 2.85 bits per heavy atom. The van der Waals surface area contributed by atoms with Gasteiger partial charge < -0.3 is 19.6 Å². The summed E-state index contributed by atoms with van der Waals surface area (Å²) in [4.78, 5) is 23.7. The van der Waals surface area contributed by atoms with E-state index in [0.717, 1.165) is 10.9 Å². The predicted octanol–water partition coefficient (Wildman–Crippen LogP) is 3.24. The van der Waals surface area contributed by atoms with Crippen LogP contribution in [0, 0.1) is 0 Å². The van der Waals surface area contributed by atoms with E-state index in [1.54, 1.807) is 12.1 Å².